The number of hydrogen-bond donors (Lipinski definition) is 2. The molecular formula is C21H20N4O3S. The Bertz CT molecular complexity index is 1260. The fourth-order valence-corrected chi connectivity index (χ4v) is 4.38. The van der Waals surface area contributed by atoms with Gasteiger partial charge in [0.05, 0.1) is 11.4 Å². The summed E-state index contributed by atoms with van der Waals surface area (Å²) in [7, 11) is 3.01. The van der Waals surface area contributed by atoms with Crippen LogP contribution < -0.4 is 11.2 Å². The molecular weight excluding hydrogens is 388 g/mol. The van der Waals surface area contributed by atoms with Crippen molar-refractivity contribution in [3.8, 4) is 0 Å². The number of imidazole rings is 1. The van der Waals surface area contributed by atoms with Gasteiger partial charge in [-0.25, -0.2) is 9.78 Å². The lowest BCUT2D eigenvalue weighted by molar-refractivity contribution is 0.175. The number of aryl methyl sites for hydroxylation is 1. The van der Waals surface area contributed by atoms with Crippen molar-refractivity contribution in [3.63, 3.8) is 0 Å². The van der Waals surface area contributed by atoms with E-state index in [1.807, 2.05) is 60.7 Å². The van der Waals surface area contributed by atoms with Gasteiger partial charge in [-0.1, -0.05) is 72.4 Å². The lowest BCUT2D eigenvalue weighted by Crippen LogP contribution is -2.36. The van der Waals surface area contributed by atoms with Gasteiger partial charge in [0.2, 0.25) is 0 Å². The first-order valence-corrected chi connectivity index (χ1v) is 9.95. The molecule has 2 aromatic carbocycles. The molecule has 0 unspecified atom stereocenters. The Kier molecular flexibility index (Phi) is 5.12. The number of aliphatic hydroxyl groups is 1. The normalized spacial score (nSPS) is 13.5. The average Bonchev–Trinajstić information content (AvgIpc) is 3.19. The minimum atomic E-state index is -0.788. The van der Waals surface area contributed by atoms with Gasteiger partial charge < -0.3 is 10.1 Å². The van der Waals surface area contributed by atoms with Crippen molar-refractivity contribution in [1.29, 1.82) is 0 Å². The molecule has 2 atom stereocenters. The molecule has 0 bridgehead atoms. The van der Waals surface area contributed by atoms with Crippen LogP contribution in [0.15, 0.2) is 75.4 Å². The second-order valence-electron chi connectivity index (χ2n) is 6.75. The van der Waals surface area contributed by atoms with Crippen LogP contribution >= 0.6 is 11.8 Å². The molecule has 0 spiro atoms. The molecule has 8 heteroatoms. The summed E-state index contributed by atoms with van der Waals surface area (Å²) >= 11 is 1.32. The van der Waals surface area contributed by atoms with Crippen LogP contribution in [-0.2, 0) is 14.1 Å². The molecule has 2 N–H and O–H groups in total. The van der Waals surface area contributed by atoms with E-state index in [4.69, 9.17) is 0 Å². The largest absolute Gasteiger partial charge is 0.387 e. The standard InChI is InChI=1S/C21H20N4O3S/c1-24-18-15(19(27)25(2)21(24)28)22-20(23-18)29-17(14-11-7-4-8-12-14)16(26)13-9-5-3-6-10-13/h3-12,16-17,26H,1-2H3,(H,22,23)/t16-,17-/m0/s1. The summed E-state index contributed by atoms with van der Waals surface area (Å²) < 4.78 is 2.38. The van der Waals surface area contributed by atoms with Gasteiger partial charge in [-0.3, -0.25) is 13.9 Å². The zero-order chi connectivity index (χ0) is 20.5. The van der Waals surface area contributed by atoms with Crippen LogP contribution in [0, 0.1) is 0 Å². The monoisotopic (exact) mass is 408 g/mol. The van der Waals surface area contributed by atoms with Crippen LogP contribution in [0.4, 0.5) is 0 Å². The van der Waals surface area contributed by atoms with E-state index in [1.54, 1.807) is 7.05 Å². The van der Waals surface area contributed by atoms with Gasteiger partial charge in [0.15, 0.2) is 16.3 Å². The first-order chi connectivity index (χ1) is 14.0. The number of benzene rings is 2. The molecule has 7 nitrogen and oxygen atoms in total. The molecule has 0 aliphatic heterocycles. The highest BCUT2D eigenvalue weighted by atomic mass is 32.2. The maximum absolute atomic E-state index is 12.4. The summed E-state index contributed by atoms with van der Waals surface area (Å²) in [6, 6.07) is 19.0. The van der Waals surface area contributed by atoms with Gasteiger partial charge in [-0.15, -0.1) is 0 Å². The number of aliphatic hydroxyl groups excluding tert-OH is 1. The Morgan fingerprint density at radius 1 is 0.931 bits per heavy atom. The van der Waals surface area contributed by atoms with Gasteiger partial charge in [-0.2, -0.15) is 0 Å². The van der Waals surface area contributed by atoms with Crippen LogP contribution in [0.5, 0.6) is 0 Å². The second kappa shape index (κ2) is 7.73. The van der Waals surface area contributed by atoms with Gasteiger partial charge in [0.1, 0.15) is 0 Å². The molecule has 29 heavy (non-hydrogen) atoms. The molecule has 148 valence electrons. The molecule has 2 heterocycles. The van der Waals surface area contributed by atoms with E-state index in [2.05, 4.69) is 9.97 Å². The Morgan fingerprint density at radius 3 is 2.14 bits per heavy atom. The van der Waals surface area contributed by atoms with Gasteiger partial charge in [0, 0.05) is 14.1 Å². The van der Waals surface area contributed by atoms with E-state index in [9.17, 15) is 14.7 Å². The summed E-state index contributed by atoms with van der Waals surface area (Å²) in [4.78, 5) is 32.1. The highest BCUT2D eigenvalue weighted by Crippen LogP contribution is 2.43. The number of aromatic amines is 1. The van der Waals surface area contributed by atoms with E-state index < -0.39 is 17.4 Å². The molecule has 4 rings (SSSR count). The van der Waals surface area contributed by atoms with Crippen molar-refractivity contribution >= 4 is 22.9 Å². The molecule has 0 saturated carbocycles. The first-order valence-electron chi connectivity index (χ1n) is 9.07. The Labute approximate surface area is 170 Å². The summed E-state index contributed by atoms with van der Waals surface area (Å²) in [5, 5.41) is 11.2. The van der Waals surface area contributed by atoms with Crippen molar-refractivity contribution in [2.45, 2.75) is 16.5 Å². The van der Waals surface area contributed by atoms with E-state index in [0.29, 0.717) is 10.8 Å². The SMILES string of the molecule is Cn1c(=O)c2[nH]c(S[C@@H](c3ccccc3)[C@@H](O)c3ccccc3)nc2n(C)c1=O. The maximum Gasteiger partial charge on any atom is 0.332 e. The minimum absolute atomic E-state index is 0.262. The number of nitrogens with one attached hydrogen (secondary N) is 1. The molecule has 0 amide bonds. The third-order valence-electron chi connectivity index (χ3n) is 4.87. The number of hydrogen-bond acceptors (Lipinski definition) is 5. The van der Waals surface area contributed by atoms with Gasteiger partial charge in [-0.05, 0) is 11.1 Å². The fourth-order valence-electron chi connectivity index (χ4n) is 3.26. The number of nitrogens with zero attached hydrogens (tertiary/aromatic N) is 3. The van der Waals surface area contributed by atoms with Crippen molar-refractivity contribution in [3.05, 3.63) is 92.6 Å². The zero-order valence-electron chi connectivity index (χ0n) is 15.9. The Hall–Kier alpha value is -3.10. The van der Waals surface area contributed by atoms with Crippen LogP contribution in [0.1, 0.15) is 22.5 Å². The van der Waals surface area contributed by atoms with Crippen LogP contribution in [0.3, 0.4) is 0 Å². The topological polar surface area (TPSA) is 92.9 Å². The number of aromatic nitrogens is 4. The third kappa shape index (κ3) is 3.52. The van der Waals surface area contributed by atoms with E-state index >= 15 is 0 Å². The van der Waals surface area contributed by atoms with Gasteiger partial charge >= 0.3 is 5.69 Å². The molecule has 0 aliphatic rings. The second-order valence-corrected chi connectivity index (χ2v) is 7.88. The van der Waals surface area contributed by atoms with Gasteiger partial charge in [0.25, 0.3) is 5.56 Å². The molecule has 0 radical (unpaired) electrons. The summed E-state index contributed by atoms with van der Waals surface area (Å²) in [6.07, 6.45) is -0.788. The lowest BCUT2D eigenvalue weighted by atomic mass is 10.0. The predicted molar refractivity (Wildman–Crippen MR) is 113 cm³/mol. The minimum Gasteiger partial charge on any atom is -0.387 e. The maximum atomic E-state index is 12.4. The van der Waals surface area contributed by atoms with E-state index in [1.165, 1.54) is 23.4 Å². The van der Waals surface area contributed by atoms with Crippen molar-refractivity contribution < 1.29 is 5.11 Å². The number of thioether (sulfide) groups is 1. The first kappa shape index (κ1) is 19.2. The zero-order valence-corrected chi connectivity index (χ0v) is 16.8. The number of H-pyrrole nitrogens is 1. The fraction of sp³-hybridized carbons (Fsp3) is 0.190. The highest BCUT2D eigenvalue weighted by Gasteiger charge is 2.26. The molecule has 0 aliphatic carbocycles. The van der Waals surface area contributed by atoms with Crippen LogP contribution in [0.25, 0.3) is 11.2 Å². The van der Waals surface area contributed by atoms with Crippen LogP contribution in [0.2, 0.25) is 0 Å². The number of fused-ring (bicyclic) bond motifs is 1. The number of rotatable bonds is 5. The third-order valence-corrected chi connectivity index (χ3v) is 6.07. The van der Waals surface area contributed by atoms with Crippen molar-refractivity contribution in [2.24, 2.45) is 14.1 Å². The van der Waals surface area contributed by atoms with Crippen molar-refractivity contribution in [2.75, 3.05) is 0 Å². The quantitative estimate of drug-likeness (QED) is 0.495. The van der Waals surface area contributed by atoms with Crippen LogP contribution in [-0.4, -0.2) is 24.2 Å². The molecule has 0 fully saturated rings. The predicted octanol–water partition coefficient (Wildman–Crippen LogP) is 2.53. The highest BCUT2D eigenvalue weighted by molar-refractivity contribution is 7.99. The smallest absolute Gasteiger partial charge is 0.332 e. The lowest BCUT2D eigenvalue weighted by Gasteiger charge is -2.22. The molecule has 0 saturated heterocycles. The Balaban J connectivity index is 1.79. The summed E-state index contributed by atoms with van der Waals surface area (Å²) in [5.41, 5.74) is 1.40. The Morgan fingerprint density at radius 2 is 1.52 bits per heavy atom. The van der Waals surface area contributed by atoms with E-state index in [-0.39, 0.29) is 10.8 Å². The summed E-state index contributed by atoms with van der Waals surface area (Å²) in [5.74, 6) is 0. The van der Waals surface area contributed by atoms with E-state index in [0.717, 1.165) is 15.7 Å². The molecule has 4 aromatic rings. The molecule has 2 aromatic heterocycles. The van der Waals surface area contributed by atoms with Crippen molar-refractivity contribution in [1.82, 2.24) is 19.1 Å². The average molecular weight is 408 g/mol. The summed E-state index contributed by atoms with van der Waals surface area (Å²) in [6.45, 7) is 0.